The number of hydrogen-bond donors (Lipinski definition) is 2. The minimum Gasteiger partial charge on any atom is -0.497 e. The van der Waals surface area contributed by atoms with Crippen LogP contribution in [0.25, 0.3) is 5.69 Å². The Hall–Kier alpha value is -4.03. The summed E-state index contributed by atoms with van der Waals surface area (Å²) >= 11 is 7.05. The van der Waals surface area contributed by atoms with Gasteiger partial charge in [-0.3, -0.25) is 14.2 Å². The van der Waals surface area contributed by atoms with Crippen LogP contribution < -0.4 is 15.4 Å². The van der Waals surface area contributed by atoms with Gasteiger partial charge < -0.3 is 15.4 Å². The summed E-state index contributed by atoms with van der Waals surface area (Å²) in [5, 5.41) is 14.1. The number of aryl methyl sites for hydroxylation is 2. The molecule has 3 aromatic carbocycles. The molecular weight excluding hydrogens is 579 g/mol. The van der Waals surface area contributed by atoms with Crippen molar-refractivity contribution in [1.82, 2.24) is 20.1 Å². The van der Waals surface area contributed by atoms with E-state index in [1.54, 1.807) is 28.8 Å². The normalized spacial score (nSPS) is 11.3. The molecule has 0 saturated carbocycles. The lowest BCUT2D eigenvalue weighted by molar-refractivity contribution is -0.137. The molecule has 0 aliphatic carbocycles. The van der Waals surface area contributed by atoms with Gasteiger partial charge in [0, 0.05) is 5.56 Å². The fourth-order valence-corrected chi connectivity index (χ4v) is 4.76. The maximum atomic E-state index is 13.1. The molecule has 0 aliphatic heterocycles. The summed E-state index contributed by atoms with van der Waals surface area (Å²) in [4.78, 5) is 25.4. The van der Waals surface area contributed by atoms with E-state index < -0.39 is 17.6 Å². The van der Waals surface area contributed by atoms with Gasteiger partial charge in [-0.25, -0.2) is 0 Å². The number of carbonyl (C=O) groups excluding carboxylic acids is 2. The Labute approximate surface area is 243 Å². The number of aromatic nitrogens is 3. The molecule has 0 saturated heterocycles. The van der Waals surface area contributed by atoms with Crippen LogP contribution in [0, 0.1) is 13.8 Å². The molecule has 41 heavy (non-hydrogen) atoms. The maximum Gasteiger partial charge on any atom is 0.416 e. The first-order valence-corrected chi connectivity index (χ1v) is 13.6. The van der Waals surface area contributed by atoms with Crippen molar-refractivity contribution in [1.29, 1.82) is 0 Å². The highest BCUT2D eigenvalue weighted by atomic mass is 35.5. The topological polar surface area (TPSA) is 98.1 Å². The minimum atomic E-state index is -4.58. The number of halogens is 4. The zero-order chi connectivity index (χ0) is 29.7. The van der Waals surface area contributed by atoms with Gasteiger partial charge in [-0.05, 0) is 73.5 Å². The van der Waals surface area contributed by atoms with Crippen LogP contribution >= 0.6 is 23.4 Å². The molecule has 0 aliphatic rings. The van der Waals surface area contributed by atoms with Gasteiger partial charge in [0.05, 0.1) is 41.4 Å². The van der Waals surface area contributed by atoms with Crippen molar-refractivity contribution in [3.05, 3.63) is 93.8 Å². The van der Waals surface area contributed by atoms with Gasteiger partial charge in [0.25, 0.3) is 5.91 Å². The van der Waals surface area contributed by atoms with Crippen LogP contribution in [0.1, 0.15) is 32.9 Å². The number of benzene rings is 3. The quantitative estimate of drug-likeness (QED) is 0.220. The molecule has 1 heterocycles. The minimum absolute atomic E-state index is 0.0233. The molecule has 1 aromatic heterocycles. The molecule has 4 rings (SSSR count). The maximum absolute atomic E-state index is 13.1. The lowest BCUT2D eigenvalue weighted by Gasteiger charge is -2.14. The number of ether oxygens (including phenoxy) is 1. The number of anilines is 1. The van der Waals surface area contributed by atoms with E-state index in [1.807, 2.05) is 32.0 Å². The molecular formula is C28H25ClF3N5O3S. The lowest BCUT2D eigenvalue weighted by Crippen LogP contribution is -2.24. The zero-order valence-corrected chi connectivity index (χ0v) is 23.7. The van der Waals surface area contributed by atoms with Gasteiger partial charge in [-0.2, -0.15) is 13.2 Å². The number of nitrogens with one attached hydrogen (secondary N) is 2. The number of nitrogens with zero attached hydrogens (tertiary/aromatic N) is 3. The predicted octanol–water partition coefficient (Wildman–Crippen LogP) is 6.23. The highest BCUT2D eigenvalue weighted by Gasteiger charge is 2.31. The van der Waals surface area contributed by atoms with Crippen LogP contribution in [0.4, 0.5) is 18.9 Å². The predicted molar refractivity (Wildman–Crippen MR) is 151 cm³/mol. The Kier molecular flexibility index (Phi) is 9.24. The van der Waals surface area contributed by atoms with Crippen LogP contribution in [0.2, 0.25) is 5.02 Å². The first-order chi connectivity index (χ1) is 19.5. The third kappa shape index (κ3) is 7.39. The summed E-state index contributed by atoms with van der Waals surface area (Å²) in [5.74, 6) is -0.0502. The third-order valence-corrected chi connectivity index (χ3v) is 7.22. The van der Waals surface area contributed by atoms with Crippen molar-refractivity contribution < 1.29 is 27.5 Å². The van der Waals surface area contributed by atoms with E-state index in [1.165, 1.54) is 7.11 Å². The average Bonchev–Trinajstić information content (AvgIpc) is 3.35. The van der Waals surface area contributed by atoms with Crippen molar-refractivity contribution in [2.45, 2.75) is 31.7 Å². The third-order valence-electron chi connectivity index (χ3n) is 5.97. The van der Waals surface area contributed by atoms with Crippen LogP contribution in [-0.4, -0.2) is 39.4 Å². The van der Waals surface area contributed by atoms with Gasteiger partial charge >= 0.3 is 6.18 Å². The number of methoxy groups -OCH3 is 1. The van der Waals surface area contributed by atoms with E-state index in [9.17, 15) is 22.8 Å². The lowest BCUT2D eigenvalue weighted by atomic mass is 10.1. The first-order valence-electron chi connectivity index (χ1n) is 12.2. The Morgan fingerprint density at radius 1 is 1.02 bits per heavy atom. The summed E-state index contributed by atoms with van der Waals surface area (Å²) in [5.41, 5.74) is 1.99. The number of carbonyl (C=O) groups is 2. The second-order valence-electron chi connectivity index (χ2n) is 8.96. The molecule has 0 atom stereocenters. The van der Waals surface area contributed by atoms with Crippen molar-refractivity contribution in [3.63, 3.8) is 0 Å². The molecule has 13 heteroatoms. The van der Waals surface area contributed by atoms with Crippen LogP contribution in [0.15, 0.2) is 65.8 Å². The van der Waals surface area contributed by atoms with E-state index >= 15 is 0 Å². The van der Waals surface area contributed by atoms with Gasteiger partial charge in [0.15, 0.2) is 11.0 Å². The molecule has 0 fully saturated rings. The van der Waals surface area contributed by atoms with Crippen molar-refractivity contribution in [3.8, 4) is 11.4 Å². The molecule has 4 aromatic rings. The molecule has 0 radical (unpaired) electrons. The van der Waals surface area contributed by atoms with Crippen molar-refractivity contribution in [2.75, 3.05) is 18.2 Å². The number of alkyl halides is 3. The van der Waals surface area contributed by atoms with E-state index in [4.69, 9.17) is 16.3 Å². The second-order valence-corrected chi connectivity index (χ2v) is 10.3. The van der Waals surface area contributed by atoms with Crippen LogP contribution in [0.5, 0.6) is 5.75 Å². The van der Waals surface area contributed by atoms with E-state index in [2.05, 4.69) is 20.8 Å². The zero-order valence-electron chi connectivity index (χ0n) is 22.2. The summed E-state index contributed by atoms with van der Waals surface area (Å²) in [7, 11) is 1.54. The van der Waals surface area contributed by atoms with E-state index in [0.29, 0.717) is 22.3 Å². The summed E-state index contributed by atoms with van der Waals surface area (Å²) in [6.45, 7) is 3.88. The summed E-state index contributed by atoms with van der Waals surface area (Å²) < 4.78 is 46.2. The van der Waals surface area contributed by atoms with Gasteiger partial charge in [0.1, 0.15) is 5.75 Å². The standard InChI is InChI=1S/C28H25ClF3N5O3S/c1-16-4-5-17(2)23(12-16)37-24(14-33-26(39)18-6-9-20(40-3)10-7-18)35-36-27(37)41-15-25(38)34-22-13-19(28(30,31)32)8-11-21(22)29/h4-13H,14-15H2,1-3H3,(H,33,39)(H,34,38). The number of amides is 2. The average molecular weight is 604 g/mol. The molecule has 0 spiro atoms. The van der Waals surface area contributed by atoms with E-state index in [0.717, 1.165) is 46.8 Å². The summed E-state index contributed by atoms with van der Waals surface area (Å²) in [6.07, 6.45) is -4.58. The number of thioether (sulfide) groups is 1. The first kappa shape index (κ1) is 29.9. The molecule has 0 bridgehead atoms. The number of hydrogen-bond acceptors (Lipinski definition) is 6. The highest BCUT2D eigenvalue weighted by Crippen LogP contribution is 2.34. The monoisotopic (exact) mass is 603 g/mol. The molecule has 2 amide bonds. The Morgan fingerprint density at radius 2 is 1.76 bits per heavy atom. The van der Waals surface area contributed by atoms with E-state index in [-0.39, 0.29) is 28.9 Å². The van der Waals surface area contributed by atoms with Crippen molar-refractivity contribution >= 4 is 40.9 Å². The van der Waals surface area contributed by atoms with Gasteiger partial charge in [-0.15, -0.1) is 10.2 Å². The van der Waals surface area contributed by atoms with Crippen LogP contribution in [-0.2, 0) is 17.5 Å². The Morgan fingerprint density at radius 3 is 2.44 bits per heavy atom. The molecule has 8 nitrogen and oxygen atoms in total. The fourth-order valence-electron chi connectivity index (χ4n) is 3.83. The smallest absolute Gasteiger partial charge is 0.416 e. The second kappa shape index (κ2) is 12.6. The molecule has 214 valence electrons. The van der Waals surface area contributed by atoms with Crippen LogP contribution in [0.3, 0.4) is 0 Å². The number of rotatable bonds is 9. The molecule has 0 unspecified atom stereocenters. The highest BCUT2D eigenvalue weighted by molar-refractivity contribution is 7.99. The Balaban J connectivity index is 1.54. The van der Waals surface area contributed by atoms with Gasteiger partial charge in [-0.1, -0.05) is 35.5 Å². The summed E-state index contributed by atoms with van der Waals surface area (Å²) in [6, 6.07) is 15.2. The van der Waals surface area contributed by atoms with Gasteiger partial charge in [0.2, 0.25) is 5.91 Å². The SMILES string of the molecule is COc1ccc(C(=O)NCc2nnc(SCC(=O)Nc3cc(C(F)(F)F)ccc3Cl)n2-c2cc(C)ccc2C)cc1. The van der Waals surface area contributed by atoms with Crippen molar-refractivity contribution in [2.24, 2.45) is 0 Å². The molecule has 2 N–H and O–H groups in total. The Bertz CT molecular complexity index is 1580. The largest absolute Gasteiger partial charge is 0.497 e. The fraction of sp³-hybridized carbons (Fsp3) is 0.214.